The standard InChI is InChI=1S/C12H11BCl3NSi.C4H11BCl3NSi.C2H6BCl4NSi/c14-13(15)17-18(16,11-7-3-1-4-8-11)12-9-5-2-6-10-12;1-3-10(8,4-2)9-5(6)7;1-2-9(6,7)8-3(4)5/h1-10,17H;9H,3-4H2,1-2H3;8H,2H2,1H3. The number of rotatable bonds is 11. The Labute approximate surface area is 274 Å². The zero-order valence-corrected chi connectivity index (χ0v) is 31.0. The minimum atomic E-state index is -2.61. The lowest BCUT2D eigenvalue weighted by Crippen LogP contribution is -2.66. The SMILES string of the molecule is CC[Si](Cl)(CC)NB(Cl)Cl.CC[Si](Cl)(Cl)NB(Cl)Cl.ClB(Cl)N[Si](Cl)(c1ccccc1)c1ccccc1. The van der Waals surface area contributed by atoms with Crippen LogP contribution in [-0.2, 0) is 0 Å². The van der Waals surface area contributed by atoms with E-state index >= 15 is 0 Å². The average Bonchev–Trinajstić information content (AvgIpc) is 2.84. The Balaban J connectivity index is 0.000000583. The van der Waals surface area contributed by atoms with Gasteiger partial charge in [-0.2, -0.15) is 0 Å². The maximum absolute atomic E-state index is 6.84. The summed E-state index contributed by atoms with van der Waals surface area (Å²) in [5.41, 5.74) is -1.88. The molecule has 0 aromatic heterocycles. The first kappa shape index (κ1) is 39.1. The molecule has 2 aromatic rings. The predicted octanol–water partition coefficient (Wildman–Crippen LogP) is 7.77. The van der Waals surface area contributed by atoms with Gasteiger partial charge in [-0.1, -0.05) is 81.4 Å². The monoisotopic (exact) mass is 753 g/mol. The molecule has 0 amide bonds. The highest BCUT2D eigenvalue weighted by atomic mass is 35.7. The van der Waals surface area contributed by atoms with Gasteiger partial charge in [-0.25, -0.2) is 0 Å². The number of hydrogen-bond donors (Lipinski definition) is 3. The fourth-order valence-corrected chi connectivity index (χ4v) is 13.6. The van der Waals surface area contributed by atoms with Crippen molar-refractivity contribution in [1.82, 2.24) is 14.7 Å². The predicted molar refractivity (Wildman–Crippen MR) is 186 cm³/mol. The van der Waals surface area contributed by atoms with Gasteiger partial charge in [-0.05, 0) is 28.5 Å². The van der Waals surface area contributed by atoms with E-state index in [1.165, 1.54) is 0 Å². The van der Waals surface area contributed by atoms with Crippen LogP contribution in [0.2, 0.25) is 18.1 Å². The second kappa shape index (κ2) is 20.1. The second-order valence-electron chi connectivity index (χ2n) is 7.46. The highest BCUT2D eigenvalue weighted by molar-refractivity contribution is 7.50. The molecule has 0 saturated carbocycles. The molecule has 0 saturated heterocycles. The van der Waals surface area contributed by atoms with Crippen LogP contribution in [0.1, 0.15) is 20.8 Å². The minimum absolute atomic E-state index is 0.524. The van der Waals surface area contributed by atoms with E-state index in [1.807, 2.05) is 81.4 Å². The molecule has 3 N–H and O–H groups in total. The average molecular weight is 758 g/mol. The first-order valence-corrected chi connectivity index (χ1v) is 24.5. The van der Waals surface area contributed by atoms with Crippen molar-refractivity contribution >= 4 is 162 Å². The molecule has 2 aromatic carbocycles. The van der Waals surface area contributed by atoms with Crippen molar-refractivity contribution in [2.45, 2.75) is 38.9 Å². The van der Waals surface area contributed by atoms with Gasteiger partial charge < -0.3 is 14.7 Å². The molecule has 0 spiro atoms. The van der Waals surface area contributed by atoms with Gasteiger partial charge in [0.2, 0.25) is 7.55 Å². The van der Waals surface area contributed by atoms with E-state index in [-0.39, 0.29) is 0 Å². The Morgan fingerprint density at radius 3 is 1.11 bits per heavy atom. The summed E-state index contributed by atoms with van der Waals surface area (Å²) in [5.74, 6) is 0. The van der Waals surface area contributed by atoms with Crippen LogP contribution in [0.4, 0.5) is 0 Å². The van der Waals surface area contributed by atoms with Gasteiger partial charge in [-0.3, -0.25) is 0 Å². The number of halogens is 10. The van der Waals surface area contributed by atoms with Gasteiger partial charge in [0.25, 0.3) is 7.55 Å². The third-order valence-corrected chi connectivity index (χ3v) is 20.1. The highest BCUT2D eigenvalue weighted by Gasteiger charge is 2.38. The topological polar surface area (TPSA) is 36.1 Å². The number of benzene rings is 2. The Morgan fingerprint density at radius 2 is 0.892 bits per heavy atom. The lowest BCUT2D eigenvalue weighted by atomic mass is 10.4. The van der Waals surface area contributed by atoms with Crippen LogP contribution in [0, 0.1) is 0 Å². The van der Waals surface area contributed by atoms with Gasteiger partial charge in [-0.15, -0.1) is 113 Å². The van der Waals surface area contributed by atoms with Crippen LogP contribution in [0.15, 0.2) is 60.7 Å². The quantitative estimate of drug-likeness (QED) is 0.162. The van der Waals surface area contributed by atoms with E-state index in [1.54, 1.807) is 0 Å². The van der Waals surface area contributed by atoms with Crippen molar-refractivity contribution < 1.29 is 0 Å². The smallest absolute Gasteiger partial charge is 0.338 e. The zero-order chi connectivity index (χ0) is 28.7. The fraction of sp³-hybridized carbons (Fsp3) is 0.333. The number of nitrogens with one attached hydrogen (secondary N) is 3. The van der Waals surface area contributed by atoms with Crippen LogP contribution in [-0.4, -0.2) is 39.0 Å². The lowest BCUT2D eigenvalue weighted by molar-refractivity contribution is 1.22. The molecule has 0 heterocycles. The summed E-state index contributed by atoms with van der Waals surface area (Å²) in [6.45, 7) is 3.67. The molecule has 0 atom stereocenters. The summed E-state index contributed by atoms with van der Waals surface area (Å²) in [6, 6.07) is 22.3. The van der Waals surface area contributed by atoms with E-state index in [9.17, 15) is 0 Å². The third-order valence-electron chi connectivity index (χ3n) is 4.90. The summed E-state index contributed by atoms with van der Waals surface area (Å²) in [7, 11) is -4.41. The molecule has 37 heavy (non-hydrogen) atoms. The molecule has 0 fully saturated rings. The largest absolute Gasteiger partial charge is 0.426 e. The van der Waals surface area contributed by atoms with Crippen molar-refractivity contribution in [2.24, 2.45) is 0 Å². The van der Waals surface area contributed by atoms with Crippen LogP contribution < -0.4 is 25.1 Å². The van der Waals surface area contributed by atoms with Crippen molar-refractivity contribution in [1.29, 1.82) is 0 Å². The molecule has 0 aliphatic carbocycles. The first-order valence-electron chi connectivity index (χ1n) is 11.2. The van der Waals surface area contributed by atoms with Crippen LogP contribution >= 0.6 is 113 Å². The molecule has 19 heteroatoms. The summed E-state index contributed by atoms with van der Waals surface area (Å²) < 4.78 is 0. The molecule has 0 unspecified atom stereocenters. The van der Waals surface area contributed by atoms with Crippen LogP contribution in [0.5, 0.6) is 0 Å². The first-order chi connectivity index (χ1) is 17.1. The third kappa shape index (κ3) is 16.9. The molecule has 0 radical (unpaired) electrons. The van der Waals surface area contributed by atoms with Crippen molar-refractivity contribution in [3.8, 4) is 0 Å². The summed E-state index contributed by atoms with van der Waals surface area (Å²) >= 11 is 58.0. The molecule has 0 bridgehead atoms. The highest BCUT2D eigenvalue weighted by Crippen LogP contribution is 2.18. The Hall–Kier alpha value is 2.07. The van der Waals surface area contributed by atoms with Gasteiger partial charge in [0.05, 0.1) is 0 Å². The van der Waals surface area contributed by atoms with Crippen LogP contribution in [0.25, 0.3) is 0 Å². The van der Waals surface area contributed by atoms with Gasteiger partial charge in [0, 0.05) is 0 Å². The van der Waals surface area contributed by atoms with Crippen molar-refractivity contribution in [3.63, 3.8) is 0 Å². The Kier molecular flexibility index (Phi) is 21.2. The van der Waals surface area contributed by atoms with E-state index in [4.69, 9.17) is 113 Å². The van der Waals surface area contributed by atoms with Gasteiger partial charge >= 0.3 is 23.9 Å². The van der Waals surface area contributed by atoms with E-state index < -0.39 is 39.0 Å². The van der Waals surface area contributed by atoms with Gasteiger partial charge in [0.1, 0.15) is 0 Å². The molecule has 2 rings (SSSR count). The molecule has 0 aliphatic rings. The normalized spacial score (nSPS) is 11.5. The van der Waals surface area contributed by atoms with Crippen molar-refractivity contribution in [3.05, 3.63) is 60.7 Å². The Morgan fingerprint density at radius 1 is 0.541 bits per heavy atom. The second-order valence-corrected chi connectivity index (χ2v) is 27.9. The van der Waals surface area contributed by atoms with E-state index in [0.717, 1.165) is 22.5 Å². The summed E-state index contributed by atoms with van der Waals surface area (Å²) in [6.07, 6.45) is 0. The van der Waals surface area contributed by atoms with Crippen molar-refractivity contribution in [2.75, 3.05) is 0 Å². The molecule has 206 valence electrons. The molecule has 0 aliphatic heterocycles. The van der Waals surface area contributed by atoms with Crippen LogP contribution in [0.3, 0.4) is 0 Å². The lowest BCUT2D eigenvalue weighted by Gasteiger charge is -2.26. The number of hydrogen-bond acceptors (Lipinski definition) is 3. The maximum atomic E-state index is 6.84. The summed E-state index contributed by atoms with van der Waals surface area (Å²) in [4.78, 5) is 8.78. The summed E-state index contributed by atoms with van der Waals surface area (Å²) in [5, 5.41) is 2.06. The van der Waals surface area contributed by atoms with Gasteiger partial charge in [0.15, 0.2) is 0 Å². The fourth-order valence-electron chi connectivity index (χ4n) is 2.73. The molecular formula is C18H28B3Cl10N3Si3. The molecular weight excluding hydrogens is 729 g/mol. The minimum Gasteiger partial charge on any atom is -0.338 e. The Bertz CT molecular complexity index is 821. The van der Waals surface area contributed by atoms with E-state index in [2.05, 4.69) is 14.7 Å². The maximum Gasteiger partial charge on any atom is 0.426 e. The zero-order valence-electron chi connectivity index (χ0n) is 20.4. The molecule has 3 nitrogen and oxygen atoms in total. The van der Waals surface area contributed by atoms with E-state index in [0.29, 0.717) is 6.04 Å².